The fourth-order valence-electron chi connectivity index (χ4n) is 1.67. The van der Waals surface area contributed by atoms with Crippen LogP contribution in [0.4, 0.5) is 0 Å². The van der Waals surface area contributed by atoms with Crippen LogP contribution in [0.15, 0.2) is 30.7 Å². The molecule has 0 unspecified atom stereocenters. The molecule has 7 heteroatoms. The summed E-state index contributed by atoms with van der Waals surface area (Å²) in [6.07, 6.45) is 2.99. The summed E-state index contributed by atoms with van der Waals surface area (Å²) in [5.74, 6) is 0. The molecule has 0 spiro atoms. The molecule has 3 rings (SSSR count). The van der Waals surface area contributed by atoms with Crippen LogP contribution >= 0.6 is 34.8 Å². The van der Waals surface area contributed by atoms with Crippen molar-refractivity contribution in [1.82, 2.24) is 19.7 Å². The Hall–Kier alpha value is -1.36. The predicted octanol–water partition coefficient (Wildman–Crippen LogP) is 3.78. The highest BCUT2D eigenvalue weighted by Crippen LogP contribution is 2.25. The van der Waals surface area contributed by atoms with E-state index in [1.165, 1.54) is 6.33 Å². The van der Waals surface area contributed by atoms with Gasteiger partial charge in [-0.3, -0.25) is 0 Å². The van der Waals surface area contributed by atoms with E-state index < -0.39 is 0 Å². The van der Waals surface area contributed by atoms with E-state index in [9.17, 15) is 0 Å². The topological polar surface area (TPSA) is 43.6 Å². The van der Waals surface area contributed by atoms with Gasteiger partial charge in [-0.15, -0.1) is 0 Å². The predicted molar refractivity (Wildman–Crippen MR) is 71.7 cm³/mol. The molecule has 0 amide bonds. The molecule has 1 aromatic carbocycles. The Morgan fingerprint density at radius 2 is 1.67 bits per heavy atom. The highest BCUT2D eigenvalue weighted by atomic mass is 35.5. The molecule has 0 fully saturated rings. The van der Waals surface area contributed by atoms with Gasteiger partial charge in [0.2, 0.25) is 0 Å². The van der Waals surface area contributed by atoms with Crippen LogP contribution in [-0.2, 0) is 0 Å². The maximum Gasteiger partial charge on any atom is 0.167 e. The molecule has 4 nitrogen and oxygen atoms in total. The van der Waals surface area contributed by atoms with Crippen LogP contribution in [0, 0.1) is 0 Å². The summed E-state index contributed by atoms with van der Waals surface area (Å²) in [5, 5.41) is 6.32. The quantitative estimate of drug-likeness (QED) is 0.642. The van der Waals surface area contributed by atoms with Gasteiger partial charge in [-0.05, 0) is 18.2 Å². The van der Waals surface area contributed by atoms with E-state index in [4.69, 9.17) is 34.8 Å². The summed E-state index contributed by atoms with van der Waals surface area (Å²) in [6, 6.07) is 5.14. The van der Waals surface area contributed by atoms with Crippen LogP contribution in [-0.4, -0.2) is 19.7 Å². The Labute approximate surface area is 117 Å². The lowest BCUT2D eigenvalue weighted by molar-refractivity contribution is 0.895. The Morgan fingerprint density at radius 1 is 0.944 bits per heavy atom. The minimum absolute atomic E-state index is 0.361. The van der Waals surface area contributed by atoms with Crippen molar-refractivity contribution >= 4 is 45.8 Å². The Balaban J connectivity index is 2.29. The zero-order chi connectivity index (χ0) is 12.7. The smallest absolute Gasteiger partial charge is 0.167 e. The minimum atomic E-state index is 0.361. The van der Waals surface area contributed by atoms with Crippen molar-refractivity contribution in [2.45, 2.75) is 0 Å². The fraction of sp³-hybridized carbons (Fsp3) is 0. The standard InChI is InChI=1S/C11H5Cl3N4/c12-6-1-7(13)3-8(2-6)18-11-9(4-17-18)10(14)15-5-16-11/h1-5H. The van der Waals surface area contributed by atoms with Gasteiger partial charge >= 0.3 is 0 Å². The lowest BCUT2D eigenvalue weighted by Gasteiger charge is -2.04. The SMILES string of the molecule is Clc1cc(Cl)cc(-n2ncc3c(Cl)ncnc32)c1. The van der Waals surface area contributed by atoms with Crippen LogP contribution in [0.5, 0.6) is 0 Å². The third kappa shape index (κ3) is 1.92. The van der Waals surface area contributed by atoms with E-state index in [2.05, 4.69) is 15.1 Å². The van der Waals surface area contributed by atoms with Crippen molar-refractivity contribution < 1.29 is 0 Å². The van der Waals surface area contributed by atoms with Gasteiger partial charge in [0.25, 0.3) is 0 Å². The lowest BCUT2D eigenvalue weighted by atomic mass is 10.3. The number of rotatable bonds is 1. The van der Waals surface area contributed by atoms with Gasteiger partial charge in [0.1, 0.15) is 11.5 Å². The largest absolute Gasteiger partial charge is 0.224 e. The number of hydrogen-bond donors (Lipinski definition) is 0. The van der Waals surface area contributed by atoms with Crippen molar-refractivity contribution in [1.29, 1.82) is 0 Å². The van der Waals surface area contributed by atoms with Crippen LogP contribution in [0.2, 0.25) is 15.2 Å². The van der Waals surface area contributed by atoms with E-state index in [1.54, 1.807) is 29.1 Å². The summed E-state index contributed by atoms with van der Waals surface area (Å²) in [6.45, 7) is 0. The van der Waals surface area contributed by atoms with Gasteiger partial charge in [0, 0.05) is 10.0 Å². The first-order valence-electron chi connectivity index (χ1n) is 4.96. The normalized spacial score (nSPS) is 11.1. The van der Waals surface area contributed by atoms with Gasteiger partial charge < -0.3 is 0 Å². The molecule has 0 aliphatic rings. The molecule has 2 heterocycles. The minimum Gasteiger partial charge on any atom is -0.224 e. The van der Waals surface area contributed by atoms with E-state index in [0.29, 0.717) is 26.2 Å². The summed E-state index contributed by atoms with van der Waals surface area (Å²) in [4.78, 5) is 8.05. The van der Waals surface area contributed by atoms with E-state index in [-0.39, 0.29) is 0 Å². The van der Waals surface area contributed by atoms with E-state index in [1.807, 2.05) is 0 Å². The molecular weight excluding hydrogens is 295 g/mol. The van der Waals surface area contributed by atoms with Gasteiger partial charge in [-0.1, -0.05) is 34.8 Å². The summed E-state index contributed by atoms with van der Waals surface area (Å²) >= 11 is 17.9. The second kappa shape index (κ2) is 4.39. The highest BCUT2D eigenvalue weighted by molar-refractivity contribution is 6.35. The molecule has 2 aromatic heterocycles. The lowest BCUT2D eigenvalue weighted by Crippen LogP contribution is -1.97. The van der Waals surface area contributed by atoms with Crippen molar-refractivity contribution in [3.63, 3.8) is 0 Å². The number of halogens is 3. The zero-order valence-corrected chi connectivity index (χ0v) is 11.1. The average molecular weight is 300 g/mol. The second-order valence-corrected chi connectivity index (χ2v) is 4.82. The Kier molecular flexibility index (Phi) is 2.86. The number of fused-ring (bicyclic) bond motifs is 1. The van der Waals surface area contributed by atoms with Crippen LogP contribution in [0.3, 0.4) is 0 Å². The van der Waals surface area contributed by atoms with E-state index in [0.717, 1.165) is 5.69 Å². The molecule has 18 heavy (non-hydrogen) atoms. The van der Waals surface area contributed by atoms with Crippen LogP contribution in [0.1, 0.15) is 0 Å². The van der Waals surface area contributed by atoms with Crippen LogP contribution < -0.4 is 0 Å². The summed E-state index contributed by atoms with van der Waals surface area (Å²) in [7, 11) is 0. The van der Waals surface area contributed by atoms with Gasteiger partial charge in [-0.25, -0.2) is 14.6 Å². The first kappa shape index (κ1) is 11.7. The highest BCUT2D eigenvalue weighted by Gasteiger charge is 2.10. The van der Waals surface area contributed by atoms with Crippen molar-refractivity contribution in [2.75, 3.05) is 0 Å². The molecule has 0 saturated heterocycles. The Bertz CT molecular complexity index is 718. The summed E-state index contributed by atoms with van der Waals surface area (Å²) in [5.41, 5.74) is 1.32. The van der Waals surface area contributed by atoms with E-state index >= 15 is 0 Å². The zero-order valence-electron chi connectivity index (χ0n) is 8.81. The molecule has 0 saturated carbocycles. The molecule has 3 aromatic rings. The van der Waals surface area contributed by atoms with Crippen molar-refractivity contribution in [3.05, 3.63) is 45.9 Å². The molecule has 90 valence electrons. The molecule has 0 aliphatic heterocycles. The second-order valence-electron chi connectivity index (χ2n) is 3.59. The molecule has 0 N–H and O–H groups in total. The van der Waals surface area contributed by atoms with Crippen molar-refractivity contribution in [3.8, 4) is 5.69 Å². The van der Waals surface area contributed by atoms with Crippen LogP contribution in [0.25, 0.3) is 16.7 Å². The number of benzene rings is 1. The molecular formula is C11H5Cl3N4. The number of nitrogens with zero attached hydrogens (tertiary/aromatic N) is 4. The van der Waals surface area contributed by atoms with Gasteiger partial charge in [-0.2, -0.15) is 5.10 Å². The Morgan fingerprint density at radius 3 is 2.39 bits per heavy atom. The maximum absolute atomic E-state index is 5.97. The molecule has 0 bridgehead atoms. The maximum atomic E-state index is 5.97. The third-order valence-corrected chi connectivity index (χ3v) is 3.15. The number of hydrogen-bond acceptors (Lipinski definition) is 3. The molecule has 0 aliphatic carbocycles. The van der Waals surface area contributed by atoms with Crippen molar-refractivity contribution in [2.24, 2.45) is 0 Å². The number of aromatic nitrogens is 4. The average Bonchev–Trinajstić information content (AvgIpc) is 2.73. The fourth-order valence-corrected chi connectivity index (χ4v) is 2.36. The monoisotopic (exact) mass is 298 g/mol. The first-order chi connectivity index (χ1) is 8.65. The van der Waals surface area contributed by atoms with Gasteiger partial charge in [0.15, 0.2) is 5.65 Å². The first-order valence-corrected chi connectivity index (χ1v) is 6.09. The molecule has 0 radical (unpaired) electrons. The third-order valence-electron chi connectivity index (χ3n) is 2.41. The van der Waals surface area contributed by atoms with Gasteiger partial charge in [0.05, 0.1) is 17.3 Å². The molecule has 0 atom stereocenters. The summed E-state index contributed by atoms with van der Waals surface area (Å²) < 4.78 is 1.61.